The lowest BCUT2D eigenvalue weighted by Crippen LogP contribution is -2.35. The quantitative estimate of drug-likeness (QED) is 0.476. The predicted molar refractivity (Wildman–Crippen MR) is 110 cm³/mol. The van der Waals surface area contributed by atoms with Gasteiger partial charge in [-0.2, -0.15) is 20.1 Å². The van der Waals surface area contributed by atoms with E-state index >= 15 is 0 Å². The van der Waals surface area contributed by atoms with E-state index in [0.717, 1.165) is 51.9 Å². The number of hydrogen-bond donors (Lipinski definition) is 2. The number of hydrogen-bond acceptors (Lipinski definition) is 8. The van der Waals surface area contributed by atoms with Crippen LogP contribution >= 0.6 is 0 Å². The molecular weight excluding hydrogens is 354 g/mol. The van der Waals surface area contributed by atoms with Crippen LogP contribution in [0.15, 0.2) is 29.4 Å². The zero-order valence-electron chi connectivity index (χ0n) is 16.1. The Labute approximate surface area is 165 Å². The molecule has 2 fully saturated rings. The van der Waals surface area contributed by atoms with E-state index in [1.54, 1.807) is 18.2 Å². The second-order valence-electron chi connectivity index (χ2n) is 7.38. The topological polar surface area (TPSA) is 104 Å². The molecule has 28 heavy (non-hydrogen) atoms. The third-order valence-corrected chi connectivity index (χ3v) is 5.35. The Balaban J connectivity index is 1.75. The first-order valence-electron chi connectivity index (χ1n) is 10.1. The summed E-state index contributed by atoms with van der Waals surface area (Å²) in [5.74, 6) is 7.70. The van der Waals surface area contributed by atoms with E-state index < -0.39 is 0 Å². The summed E-state index contributed by atoms with van der Waals surface area (Å²) >= 11 is 0. The monoisotopic (exact) mass is 381 g/mol. The summed E-state index contributed by atoms with van der Waals surface area (Å²) in [6.45, 7) is 3.79. The summed E-state index contributed by atoms with van der Waals surface area (Å²) in [5.41, 5.74) is 1.14. The average Bonchev–Trinajstić information content (AvgIpc) is 2.75. The van der Waals surface area contributed by atoms with E-state index in [-0.39, 0.29) is 5.75 Å². The van der Waals surface area contributed by atoms with Gasteiger partial charge in [-0.15, -0.1) is 0 Å². The second-order valence-corrected chi connectivity index (χ2v) is 7.38. The van der Waals surface area contributed by atoms with Gasteiger partial charge < -0.3 is 20.7 Å². The number of phenols is 1. The molecule has 2 aliphatic rings. The molecule has 148 valence electrons. The van der Waals surface area contributed by atoms with Gasteiger partial charge in [0.05, 0.1) is 0 Å². The maximum absolute atomic E-state index is 9.86. The van der Waals surface area contributed by atoms with Gasteiger partial charge in [0.1, 0.15) is 11.5 Å². The van der Waals surface area contributed by atoms with Crippen LogP contribution < -0.4 is 15.6 Å². The molecule has 0 atom stereocenters. The lowest BCUT2D eigenvalue weighted by molar-refractivity contribution is 0.475. The van der Waals surface area contributed by atoms with Gasteiger partial charge in [-0.25, -0.2) is 0 Å². The molecule has 1 aromatic heterocycles. The van der Waals surface area contributed by atoms with Gasteiger partial charge >= 0.3 is 0 Å². The van der Waals surface area contributed by atoms with Crippen molar-refractivity contribution in [2.24, 2.45) is 10.9 Å². The Morgan fingerprint density at radius 1 is 0.857 bits per heavy atom. The first-order chi connectivity index (χ1) is 13.7. The van der Waals surface area contributed by atoms with Crippen molar-refractivity contribution < 1.29 is 5.11 Å². The van der Waals surface area contributed by atoms with Crippen molar-refractivity contribution in [1.29, 1.82) is 0 Å². The van der Waals surface area contributed by atoms with Crippen molar-refractivity contribution in [2.75, 3.05) is 36.0 Å². The van der Waals surface area contributed by atoms with Gasteiger partial charge in [0.2, 0.25) is 11.9 Å². The number of nitrogens with zero attached hydrogens (tertiary/aromatic N) is 6. The third kappa shape index (κ3) is 4.00. The molecule has 8 heteroatoms. The number of benzene rings is 1. The van der Waals surface area contributed by atoms with Gasteiger partial charge in [-0.05, 0) is 50.7 Å². The van der Waals surface area contributed by atoms with Gasteiger partial charge in [0.25, 0.3) is 0 Å². The summed E-state index contributed by atoms with van der Waals surface area (Å²) in [4.78, 5) is 18.7. The van der Waals surface area contributed by atoms with Crippen LogP contribution in [0.3, 0.4) is 0 Å². The first-order valence-corrected chi connectivity index (χ1v) is 10.1. The Morgan fingerprint density at radius 3 is 1.93 bits per heavy atom. The minimum absolute atomic E-state index is 0.153. The number of rotatable bonds is 4. The molecule has 0 unspecified atom stereocenters. The van der Waals surface area contributed by atoms with Crippen LogP contribution in [0.4, 0.5) is 11.9 Å². The highest BCUT2D eigenvalue weighted by atomic mass is 16.3. The third-order valence-electron chi connectivity index (χ3n) is 5.35. The number of hydrazone groups is 1. The van der Waals surface area contributed by atoms with Crippen LogP contribution in [0.5, 0.6) is 5.75 Å². The van der Waals surface area contributed by atoms with E-state index in [9.17, 15) is 5.11 Å². The molecule has 4 rings (SSSR count). The standard InChI is InChI=1S/C20H27N7O/c21-25-17(15-8-7-9-16(28)14-15)18-22-19(26-10-3-1-4-11-26)24-20(23-18)27-12-5-2-6-13-27/h7-9,14,28H,1-6,10-13,21H2/b25-17+. The van der Waals surface area contributed by atoms with Gasteiger partial charge in [0, 0.05) is 31.7 Å². The molecule has 0 aliphatic carbocycles. The number of anilines is 2. The van der Waals surface area contributed by atoms with Crippen molar-refractivity contribution in [3.05, 3.63) is 35.7 Å². The van der Waals surface area contributed by atoms with E-state index in [0.29, 0.717) is 29.0 Å². The normalized spacial score (nSPS) is 18.4. The molecule has 0 saturated carbocycles. The first kappa shape index (κ1) is 18.5. The molecule has 0 radical (unpaired) electrons. The molecular formula is C20H27N7O. The Bertz CT molecular complexity index is 806. The number of aromatic hydroxyl groups is 1. The van der Waals surface area contributed by atoms with Crippen LogP contribution in [0, 0.1) is 0 Å². The highest BCUT2D eigenvalue weighted by molar-refractivity contribution is 6.10. The minimum atomic E-state index is 0.153. The zero-order valence-corrected chi connectivity index (χ0v) is 16.1. The molecule has 8 nitrogen and oxygen atoms in total. The van der Waals surface area contributed by atoms with E-state index in [2.05, 4.69) is 14.9 Å². The predicted octanol–water partition coefficient (Wildman–Crippen LogP) is 2.27. The van der Waals surface area contributed by atoms with Gasteiger partial charge in [-0.1, -0.05) is 12.1 Å². The summed E-state index contributed by atoms with van der Waals surface area (Å²) in [6, 6.07) is 6.84. The maximum atomic E-state index is 9.86. The zero-order chi connectivity index (χ0) is 19.3. The molecule has 0 spiro atoms. The van der Waals surface area contributed by atoms with Crippen LogP contribution in [-0.2, 0) is 0 Å². The lowest BCUT2D eigenvalue weighted by atomic mass is 10.1. The molecule has 3 N–H and O–H groups in total. The Kier molecular flexibility index (Phi) is 5.55. The van der Waals surface area contributed by atoms with Crippen LogP contribution in [0.25, 0.3) is 0 Å². The fraction of sp³-hybridized carbons (Fsp3) is 0.500. The fourth-order valence-corrected chi connectivity index (χ4v) is 3.85. The summed E-state index contributed by atoms with van der Waals surface area (Å²) in [5, 5.41) is 13.8. The number of phenolic OH excluding ortho intramolecular Hbond substituents is 1. The van der Waals surface area contributed by atoms with Crippen LogP contribution in [-0.4, -0.2) is 51.9 Å². The number of nitrogens with two attached hydrogens (primary N) is 1. The second kappa shape index (κ2) is 8.41. The minimum Gasteiger partial charge on any atom is -0.508 e. The largest absolute Gasteiger partial charge is 0.508 e. The van der Waals surface area contributed by atoms with Gasteiger partial charge in [0.15, 0.2) is 5.82 Å². The van der Waals surface area contributed by atoms with Crippen LogP contribution in [0.2, 0.25) is 0 Å². The fourth-order valence-electron chi connectivity index (χ4n) is 3.85. The summed E-state index contributed by atoms with van der Waals surface area (Å²) < 4.78 is 0. The lowest BCUT2D eigenvalue weighted by Gasteiger charge is -2.30. The molecule has 0 bridgehead atoms. The van der Waals surface area contributed by atoms with Crippen molar-refractivity contribution in [3.63, 3.8) is 0 Å². The van der Waals surface area contributed by atoms with E-state index in [4.69, 9.17) is 20.8 Å². The van der Waals surface area contributed by atoms with E-state index in [1.165, 1.54) is 12.8 Å². The molecule has 0 amide bonds. The van der Waals surface area contributed by atoms with Crippen molar-refractivity contribution >= 4 is 17.6 Å². The molecule has 2 aromatic rings. The van der Waals surface area contributed by atoms with Crippen molar-refractivity contribution in [1.82, 2.24) is 15.0 Å². The van der Waals surface area contributed by atoms with Gasteiger partial charge in [-0.3, -0.25) is 0 Å². The molecule has 2 saturated heterocycles. The van der Waals surface area contributed by atoms with Crippen molar-refractivity contribution in [3.8, 4) is 5.75 Å². The summed E-state index contributed by atoms with van der Waals surface area (Å²) in [6.07, 6.45) is 7.06. The molecule has 1 aromatic carbocycles. The van der Waals surface area contributed by atoms with Crippen LogP contribution in [0.1, 0.15) is 49.9 Å². The number of piperidine rings is 2. The Hall–Kier alpha value is -2.90. The van der Waals surface area contributed by atoms with E-state index in [1.807, 2.05) is 6.07 Å². The number of aromatic nitrogens is 3. The molecule has 3 heterocycles. The highest BCUT2D eigenvalue weighted by Crippen LogP contribution is 2.23. The smallest absolute Gasteiger partial charge is 0.230 e. The Morgan fingerprint density at radius 2 is 1.43 bits per heavy atom. The van der Waals surface area contributed by atoms with Crippen molar-refractivity contribution in [2.45, 2.75) is 38.5 Å². The maximum Gasteiger partial charge on any atom is 0.230 e. The highest BCUT2D eigenvalue weighted by Gasteiger charge is 2.22. The summed E-state index contributed by atoms with van der Waals surface area (Å²) in [7, 11) is 0. The molecule has 2 aliphatic heterocycles. The SMILES string of the molecule is N/N=C(\c1cccc(O)c1)c1nc(N2CCCCC2)nc(N2CCCCC2)n1. The average molecular weight is 381 g/mol.